The van der Waals surface area contributed by atoms with E-state index in [9.17, 15) is 8.42 Å². The first-order valence-electron chi connectivity index (χ1n) is 10.7. The maximum atomic E-state index is 12.9. The smallest absolute Gasteiger partial charge is 0.240 e. The molecule has 3 heterocycles. The van der Waals surface area contributed by atoms with Crippen LogP contribution in [-0.2, 0) is 21.3 Å². The van der Waals surface area contributed by atoms with E-state index in [1.807, 2.05) is 42.5 Å². The van der Waals surface area contributed by atoms with E-state index >= 15 is 0 Å². The first-order valence-corrected chi connectivity index (χ1v) is 12.2. The number of ether oxygens (including phenoxy) is 1. The Hall–Kier alpha value is -3.40. The average molecular weight is 462 g/mol. The van der Waals surface area contributed by atoms with Crippen molar-refractivity contribution in [3.05, 3.63) is 78.8 Å². The van der Waals surface area contributed by atoms with Crippen LogP contribution in [-0.4, -0.2) is 49.7 Å². The normalized spacial score (nSPS) is 14.5. The number of sulfonamides is 1. The molecule has 0 spiro atoms. The van der Waals surface area contributed by atoms with E-state index in [2.05, 4.69) is 24.6 Å². The van der Waals surface area contributed by atoms with Gasteiger partial charge >= 0.3 is 0 Å². The Kier molecular flexibility index (Phi) is 5.99. The van der Waals surface area contributed by atoms with Crippen LogP contribution in [0.5, 0.6) is 0 Å². The lowest BCUT2D eigenvalue weighted by atomic mass is 10.1. The van der Waals surface area contributed by atoms with Crippen LogP contribution in [0.15, 0.2) is 78.1 Å². The molecule has 0 radical (unpaired) electrons. The van der Waals surface area contributed by atoms with E-state index in [0.717, 1.165) is 41.0 Å². The summed E-state index contributed by atoms with van der Waals surface area (Å²) in [6.45, 7) is 3.02. The molecule has 8 nitrogen and oxygen atoms in total. The first kappa shape index (κ1) is 21.4. The van der Waals surface area contributed by atoms with E-state index in [4.69, 9.17) is 4.74 Å². The van der Waals surface area contributed by atoms with Crippen LogP contribution < -0.4 is 9.62 Å². The molecule has 1 saturated heterocycles. The van der Waals surface area contributed by atoms with Gasteiger partial charge in [-0.15, -0.1) is 0 Å². The summed E-state index contributed by atoms with van der Waals surface area (Å²) in [5, 5.41) is 0.826. The standard InChI is InChI=1S/C24H23N5O3S/c30-33(31,28-15-18-5-2-1-3-6-18)21-8-4-7-19(13-21)20-14-22-23(25-16-20)26-17-27-24(22)29-9-11-32-12-10-29/h1-8,13-14,16-17,28H,9-12,15H2. The lowest BCUT2D eigenvalue weighted by Gasteiger charge is -2.28. The Morgan fingerprint density at radius 3 is 2.55 bits per heavy atom. The second kappa shape index (κ2) is 9.22. The Morgan fingerprint density at radius 1 is 0.909 bits per heavy atom. The van der Waals surface area contributed by atoms with Gasteiger partial charge in [0.1, 0.15) is 12.1 Å². The molecule has 0 aliphatic carbocycles. The predicted molar refractivity (Wildman–Crippen MR) is 126 cm³/mol. The highest BCUT2D eigenvalue weighted by atomic mass is 32.2. The quantitative estimate of drug-likeness (QED) is 0.471. The van der Waals surface area contributed by atoms with Gasteiger partial charge in [0.25, 0.3) is 0 Å². The van der Waals surface area contributed by atoms with Crippen molar-refractivity contribution in [2.75, 3.05) is 31.2 Å². The van der Waals surface area contributed by atoms with E-state index in [1.165, 1.54) is 6.33 Å². The Morgan fingerprint density at radius 2 is 1.73 bits per heavy atom. The predicted octanol–water partition coefficient (Wildman–Crippen LogP) is 3.01. The van der Waals surface area contributed by atoms with Crippen molar-refractivity contribution in [2.45, 2.75) is 11.4 Å². The van der Waals surface area contributed by atoms with Gasteiger partial charge < -0.3 is 9.64 Å². The molecule has 0 saturated carbocycles. The van der Waals surface area contributed by atoms with Crippen LogP contribution in [0.25, 0.3) is 22.2 Å². The highest BCUT2D eigenvalue weighted by Gasteiger charge is 2.18. The molecule has 0 atom stereocenters. The van der Waals surface area contributed by atoms with Crippen LogP contribution >= 0.6 is 0 Å². The summed E-state index contributed by atoms with van der Waals surface area (Å²) in [4.78, 5) is 15.7. The molecule has 4 aromatic rings. The summed E-state index contributed by atoms with van der Waals surface area (Å²) in [5.41, 5.74) is 3.05. The maximum absolute atomic E-state index is 12.9. The summed E-state index contributed by atoms with van der Waals surface area (Å²) in [6.07, 6.45) is 3.23. The molecule has 33 heavy (non-hydrogen) atoms. The van der Waals surface area contributed by atoms with Gasteiger partial charge in [-0.05, 0) is 29.3 Å². The van der Waals surface area contributed by atoms with Gasteiger partial charge in [-0.25, -0.2) is 28.1 Å². The number of morpholine rings is 1. The van der Waals surface area contributed by atoms with Gasteiger partial charge in [-0.2, -0.15) is 0 Å². The molecule has 2 aromatic carbocycles. The summed E-state index contributed by atoms with van der Waals surface area (Å²) in [5.74, 6) is 0.811. The molecule has 0 unspecified atom stereocenters. The number of anilines is 1. The van der Waals surface area contributed by atoms with Gasteiger partial charge in [0, 0.05) is 31.4 Å². The number of pyridine rings is 1. The third-order valence-corrected chi connectivity index (χ3v) is 6.96. The Bertz CT molecular complexity index is 1370. The van der Waals surface area contributed by atoms with Gasteiger partial charge in [-0.3, -0.25) is 0 Å². The largest absolute Gasteiger partial charge is 0.378 e. The highest BCUT2D eigenvalue weighted by molar-refractivity contribution is 7.89. The van der Waals surface area contributed by atoms with E-state index in [1.54, 1.807) is 24.4 Å². The topological polar surface area (TPSA) is 97.3 Å². The number of fused-ring (bicyclic) bond motifs is 1. The summed E-state index contributed by atoms with van der Waals surface area (Å²) in [7, 11) is -3.67. The molecule has 1 aliphatic rings. The monoisotopic (exact) mass is 461 g/mol. The van der Waals surface area contributed by atoms with E-state index in [-0.39, 0.29) is 11.4 Å². The average Bonchev–Trinajstić information content (AvgIpc) is 2.88. The minimum absolute atomic E-state index is 0.203. The molecule has 168 valence electrons. The van der Waals surface area contributed by atoms with Crippen molar-refractivity contribution in [1.29, 1.82) is 0 Å². The third-order valence-electron chi connectivity index (χ3n) is 5.57. The van der Waals surface area contributed by atoms with Crippen LogP contribution in [0, 0.1) is 0 Å². The maximum Gasteiger partial charge on any atom is 0.240 e. The molecule has 2 aromatic heterocycles. The summed E-state index contributed by atoms with van der Waals surface area (Å²) < 4.78 is 33.9. The molecule has 5 rings (SSSR count). The fourth-order valence-corrected chi connectivity index (χ4v) is 4.88. The zero-order valence-electron chi connectivity index (χ0n) is 17.9. The lowest BCUT2D eigenvalue weighted by molar-refractivity contribution is 0.122. The van der Waals surface area contributed by atoms with E-state index < -0.39 is 10.0 Å². The van der Waals surface area contributed by atoms with Crippen molar-refractivity contribution in [3.8, 4) is 11.1 Å². The molecule has 9 heteroatoms. The Balaban J connectivity index is 1.46. The minimum atomic E-state index is -3.67. The van der Waals surface area contributed by atoms with Gasteiger partial charge in [-0.1, -0.05) is 42.5 Å². The molecule has 1 fully saturated rings. The van der Waals surface area contributed by atoms with Crippen LogP contribution in [0.4, 0.5) is 5.82 Å². The fraction of sp³-hybridized carbons (Fsp3) is 0.208. The van der Waals surface area contributed by atoms with Crippen molar-refractivity contribution in [1.82, 2.24) is 19.7 Å². The molecule has 1 N–H and O–H groups in total. The number of nitrogens with one attached hydrogen (secondary N) is 1. The molecular weight excluding hydrogens is 438 g/mol. The van der Waals surface area contributed by atoms with Crippen molar-refractivity contribution in [2.24, 2.45) is 0 Å². The number of rotatable bonds is 6. The number of aromatic nitrogens is 3. The lowest BCUT2D eigenvalue weighted by Crippen LogP contribution is -2.36. The number of nitrogens with zero attached hydrogens (tertiary/aromatic N) is 4. The van der Waals surface area contributed by atoms with Gasteiger partial charge in [0.05, 0.1) is 23.5 Å². The SMILES string of the molecule is O=S(=O)(NCc1ccccc1)c1cccc(-c2cnc3ncnc(N4CCOCC4)c3c2)c1. The highest BCUT2D eigenvalue weighted by Crippen LogP contribution is 2.29. The number of hydrogen-bond donors (Lipinski definition) is 1. The van der Waals surface area contributed by atoms with Crippen LogP contribution in [0.1, 0.15) is 5.56 Å². The molecule has 0 bridgehead atoms. The zero-order valence-corrected chi connectivity index (χ0v) is 18.7. The van der Waals surface area contributed by atoms with Crippen molar-refractivity contribution in [3.63, 3.8) is 0 Å². The van der Waals surface area contributed by atoms with Gasteiger partial charge in [0.15, 0.2) is 5.65 Å². The number of benzene rings is 2. The third kappa shape index (κ3) is 4.70. The summed E-state index contributed by atoms with van der Waals surface area (Å²) in [6, 6.07) is 18.3. The first-order chi connectivity index (χ1) is 16.1. The fourth-order valence-electron chi connectivity index (χ4n) is 3.82. The molecule has 1 aliphatic heterocycles. The minimum Gasteiger partial charge on any atom is -0.378 e. The second-order valence-electron chi connectivity index (χ2n) is 7.73. The number of hydrogen-bond acceptors (Lipinski definition) is 7. The molecular formula is C24H23N5O3S. The van der Waals surface area contributed by atoms with Crippen molar-refractivity contribution >= 4 is 26.9 Å². The van der Waals surface area contributed by atoms with E-state index in [0.29, 0.717) is 18.9 Å². The van der Waals surface area contributed by atoms with Crippen molar-refractivity contribution < 1.29 is 13.2 Å². The summed E-state index contributed by atoms with van der Waals surface area (Å²) >= 11 is 0. The zero-order chi connectivity index (χ0) is 22.7. The van der Waals surface area contributed by atoms with Crippen LogP contribution in [0.3, 0.4) is 0 Å². The Labute approximate surface area is 192 Å². The van der Waals surface area contributed by atoms with Gasteiger partial charge in [0.2, 0.25) is 10.0 Å². The van der Waals surface area contributed by atoms with Crippen LogP contribution in [0.2, 0.25) is 0 Å². The molecule has 0 amide bonds. The second-order valence-corrected chi connectivity index (χ2v) is 9.50.